The maximum atomic E-state index is 6.65. The maximum absolute atomic E-state index is 6.65. The molecule has 0 N–H and O–H groups in total. The summed E-state index contributed by atoms with van der Waals surface area (Å²) in [6, 6.07) is 69.5. The van der Waals surface area contributed by atoms with Crippen LogP contribution in [0.4, 0.5) is 0 Å². The van der Waals surface area contributed by atoms with Crippen LogP contribution in [-0.4, -0.2) is 57.7 Å². The van der Waals surface area contributed by atoms with Gasteiger partial charge in [-0.15, -0.1) is 0 Å². The Morgan fingerprint density at radius 1 is 0.400 bits per heavy atom. The number of aromatic nitrogens is 4. The molecule has 13 aromatic rings. The van der Waals surface area contributed by atoms with Crippen molar-refractivity contribution in [2.24, 2.45) is 0 Å². The van der Waals surface area contributed by atoms with E-state index in [0.29, 0.717) is 26.4 Å². The predicted molar refractivity (Wildman–Crippen MR) is 299 cm³/mol. The molecule has 0 saturated carbocycles. The molecule has 2 fully saturated rings. The van der Waals surface area contributed by atoms with E-state index in [4.69, 9.17) is 33.3 Å². The molecule has 0 radical (unpaired) electrons. The molecule has 0 bridgehead atoms. The molecule has 2 aliphatic rings. The Balaban J connectivity index is 0.869. The van der Waals surface area contributed by atoms with Crippen molar-refractivity contribution in [3.8, 4) is 56.1 Å². The summed E-state index contributed by atoms with van der Waals surface area (Å²) in [4.78, 5) is 9.47. The van der Waals surface area contributed by atoms with Crippen LogP contribution in [-0.2, 0) is 32.2 Å². The van der Waals surface area contributed by atoms with Gasteiger partial charge in [0.1, 0.15) is 23.4 Å². The maximum Gasteiger partial charge on any atom is 0.135 e. The second kappa shape index (κ2) is 18.1. The lowest BCUT2D eigenvalue weighted by molar-refractivity contribution is 0.104. The van der Waals surface area contributed by atoms with Gasteiger partial charge >= 0.3 is 0 Å². The SMILES string of the molecule is c1ccc(-c2ccccc2-c2ccc3c(c2)c2cc(COCC4CO4)ccc2n3-c2ccc3oc4ccc(-n5c6ccc(COCC7CO7)cc6c6cc(-c7ccccc7-c7ccccn7)ccc65)cc4c3c2)nc1. The minimum atomic E-state index is 0.205. The summed E-state index contributed by atoms with van der Waals surface area (Å²) in [5.41, 5.74) is 19.0. The summed E-state index contributed by atoms with van der Waals surface area (Å²) in [5.74, 6) is 0. The molecule has 9 heteroatoms. The van der Waals surface area contributed by atoms with Crippen molar-refractivity contribution in [2.45, 2.75) is 25.4 Å². The molecule has 2 saturated heterocycles. The van der Waals surface area contributed by atoms with Crippen molar-refractivity contribution in [3.05, 3.63) is 218 Å². The van der Waals surface area contributed by atoms with Crippen LogP contribution in [0.5, 0.6) is 0 Å². The monoisotopic (exact) mass is 976 g/mol. The largest absolute Gasteiger partial charge is 0.456 e. The lowest BCUT2D eigenvalue weighted by Crippen LogP contribution is -2.01. The molecule has 15 rings (SSSR count). The van der Waals surface area contributed by atoms with Gasteiger partial charge in [0.25, 0.3) is 0 Å². The van der Waals surface area contributed by atoms with E-state index in [0.717, 1.165) is 146 Å². The third-order valence-electron chi connectivity index (χ3n) is 14.9. The van der Waals surface area contributed by atoms with Gasteiger partial charge in [0.05, 0.1) is 73.1 Å². The van der Waals surface area contributed by atoms with Crippen molar-refractivity contribution in [1.29, 1.82) is 0 Å². The molecule has 0 amide bonds. The van der Waals surface area contributed by atoms with Crippen LogP contribution in [0.3, 0.4) is 0 Å². The Morgan fingerprint density at radius 3 is 1.24 bits per heavy atom. The first kappa shape index (κ1) is 43.8. The lowest BCUT2D eigenvalue weighted by atomic mass is 9.96. The minimum Gasteiger partial charge on any atom is -0.456 e. The number of benzene rings is 8. The van der Waals surface area contributed by atoms with Gasteiger partial charge in [-0.05, 0) is 143 Å². The normalized spacial score (nSPS) is 15.3. The van der Waals surface area contributed by atoms with E-state index in [1.165, 1.54) is 0 Å². The Hall–Kier alpha value is -8.70. The van der Waals surface area contributed by atoms with Crippen molar-refractivity contribution in [3.63, 3.8) is 0 Å². The molecule has 0 aliphatic carbocycles. The Labute approximate surface area is 431 Å². The number of epoxide rings is 2. The van der Waals surface area contributed by atoms with Crippen LogP contribution in [0.2, 0.25) is 0 Å². The summed E-state index contributed by atoms with van der Waals surface area (Å²) in [6.45, 7) is 3.76. The minimum absolute atomic E-state index is 0.205. The van der Waals surface area contributed by atoms with Gasteiger partial charge in [-0.2, -0.15) is 0 Å². The zero-order chi connectivity index (χ0) is 49.4. The summed E-state index contributed by atoms with van der Waals surface area (Å²) < 4.78 is 34.6. The number of ether oxygens (including phenoxy) is 4. The zero-order valence-corrected chi connectivity index (χ0v) is 40.9. The highest BCUT2D eigenvalue weighted by atomic mass is 16.6. The van der Waals surface area contributed by atoms with Gasteiger partial charge in [0, 0.05) is 67.2 Å². The van der Waals surface area contributed by atoms with Gasteiger partial charge in [-0.1, -0.05) is 84.9 Å². The van der Waals surface area contributed by atoms with Crippen LogP contribution >= 0.6 is 0 Å². The summed E-state index contributed by atoms with van der Waals surface area (Å²) in [5, 5.41) is 6.72. The molecule has 2 aliphatic heterocycles. The van der Waals surface area contributed by atoms with Gasteiger partial charge in [-0.25, -0.2) is 0 Å². The molecule has 2 atom stereocenters. The van der Waals surface area contributed by atoms with E-state index < -0.39 is 0 Å². The van der Waals surface area contributed by atoms with Crippen LogP contribution in [0.25, 0.3) is 122 Å². The number of nitrogens with zero attached hydrogens (tertiary/aromatic N) is 4. The quantitative estimate of drug-likeness (QED) is 0.100. The molecule has 2 unspecified atom stereocenters. The fourth-order valence-electron chi connectivity index (χ4n) is 11.1. The number of rotatable bonds is 14. The topological polar surface area (TPSA) is 92.3 Å². The van der Waals surface area contributed by atoms with Crippen LogP contribution in [0.1, 0.15) is 11.1 Å². The Kier molecular flexibility index (Phi) is 10.6. The van der Waals surface area contributed by atoms with E-state index in [2.05, 4.69) is 179 Å². The van der Waals surface area contributed by atoms with Crippen molar-refractivity contribution < 1.29 is 23.4 Å². The van der Waals surface area contributed by atoms with Gasteiger partial charge in [0.2, 0.25) is 0 Å². The number of hydrogen-bond acceptors (Lipinski definition) is 7. The van der Waals surface area contributed by atoms with E-state index in [1.54, 1.807) is 0 Å². The Bertz CT molecular complexity index is 4060. The van der Waals surface area contributed by atoms with E-state index in [-0.39, 0.29) is 12.2 Å². The number of furan rings is 1. The molecule has 8 aromatic carbocycles. The molecule has 7 heterocycles. The van der Waals surface area contributed by atoms with Crippen molar-refractivity contribution in [2.75, 3.05) is 26.4 Å². The number of hydrogen-bond donors (Lipinski definition) is 0. The van der Waals surface area contributed by atoms with Gasteiger partial charge in [-0.3, -0.25) is 9.97 Å². The molecular formula is C66H48N4O5. The van der Waals surface area contributed by atoms with Gasteiger partial charge < -0.3 is 32.5 Å². The first-order valence-electron chi connectivity index (χ1n) is 25.7. The summed E-state index contributed by atoms with van der Waals surface area (Å²) >= 11 is 0. The van der Waals surface area contributed by atoms with Gasteiger partial charge in [0.15, 0.2) is 0 Å². The smallest absolute Gasteiger partial charge is 0.135 e. The van der Waals surface area contributed by atoms with Crippen LogP contribution in [0.15, 0.2) is 211 Å². The highest BCUT2D eigenvalue weighted by Gasteiger charge is 2.24. The lowest BCUT2D eigenvalue weighted by Gasteiger charge is -2.11. The molecule has 362 valence electrons. The first-order valence-corrected chi connectivity index (χ1v) is 25.7. The van der Waals surface area contributed by atoms with E-state index >= 15 is 0 Å². The molecular weight excluding hydrogens is 929 g/mol. The van der Waals surface area contributed by atoms with E-state index in [1.807, 2.05) is 36.7 Å². The molecule has 75 heavy (non-hydrogen) atoms. The third kappa shape index (κ3) is 7.96. The average molecular weight is 977 g/mol. The number of pyridine rings is 2. The highest BCUT2D eigenvalue weighted by molar-refractivity contribution is 6.14. The van der Waals surface area contributed by atoms with Crippen molar-refractivity contribution in [1.82, 2.24) is 19.1 Å². The standard InChI is InChI=1S/C66H48N4O5/c1-3-11-51(59-13-5-7-27-67-59)49(9-1)43-17-23-63-55(31-43)53-29-41(35-71-37-47-39-73-47)15-21-61(53)69(63)45-19-25-65-57(33-45)58-34-46(20-26-66(58)75-65)70-62-22-16-42(36-72-38-48-40-74-48)30-54(62)56-32-44(18-24-64(56)70)50-10-2-4-12-52(50)60-14-6-8-28-68-60/h1-34,47-48H,35-40H2. The summed E-state index contributed by atoms with van der Waals surface area (Å²) in [7, 11) is 0. The first-order chi connectivity index (χ1) is 37.1. The highest BCUT2D eigenvalue weighted by Crippen LogP contribution is 2.42. The second-order valence-electron chi connectivity index (χ2n) is 19.8. The summed E-state index contributed by atoms with van der Waals surface area (Å²) in [6.07, 6.45) is 4.12. The average Bonchev–Trinajstić information content (AvgIpc) is 4.46. The third-order valence-corrected chi connectivity index (χ3v) is 14.9. The van der Waals surface area contributed by atoms with Crippen LogP contribution < -0.4 is 0 Å². The van der Waals surface area contributed by atoms with E-state index in [9.17, 15) is 0 Å². The number of fused-ring (bicyclic) bond motifs is 9. The Morgan fingerprint density at radius 2 is 0.813 bits per heavy atom. The molecule has 9 nitrogen and oxygen atoms in total. The molecule has 5 aromatic heterocycles. The van der Waals surface area contributed by atoms with Crippen LogP contribution in [0, 0.1) is 0 Å². The second-order valence-corrected chi connectivity index (χ2v) is 19.8. The van der Waals surface area contributed by atoms with Crippen molar-refractivity contribution >= 4 is 65.6 Å². The molecule has 0 spiro atoms. The predicted octanol–water partition coefficient (Wildman–Crippen LogP) is 15.1. The zero-order valence-electron chi connectivity index (χ0n) is 40.9. The fraction of sp³-hybridized carbons (Fsp3) is 0.121. The fourth-order valence-corrected chi connectivity index (χ4v) is 11.1.